The van der Waals surface area contributed by atoms with Crippen molar-refractivity contribution >= 4 is 21.6 Å². The van der Waals surface area contributed by atoms with Crippen molar-refractivity contribution in [2.45, 2.75) is 32.7 Å². The Morgan fingerprint density at radius 1 is 1.05 bits per heavy atom. The number of benzene rings is 2. The number of hydrogen-bond acceptors (Lipinski definition) is 2. The summed E-state index contributed by atoms with van der Waals surface area (Å²) in [6.07, 6.45) is 0. The predicted octanol–water partition coefficient (Wildman–Crippen LogP) is 4.99. The van der Waals surface area contributed by atoms with Gasteiger partial charge in [0.15, 0.2) is 0 Å². The first-order valence-electron chi connectivity index (χ1n) is 7.33. The van der Waals surface area contributed by atoms with Crippen molar-refractivity contribution in [3.05, 3.63) is 63.6 Å². The molecule has 1 unspecified atom stereocenters. The van der Waals surface area contributed by atoms with Crippen molar-refractivity contribution in [3.8, 4) is 0 Å². The molecule has 0 saturated heterocycles. The van der Waals surface area contributed by atoms with Crippen molar-refractivity contribution < 1.29 is 0 Å². The Hall–Kier alpha value is -1.32. The lowest BCUT2D eigenvalue weighted by Crippen LogP contribution is -2.20. The molecule has 0 heterocycles. The summed E-state index contributed by atoms with van der Waals surface area (Å²) in [5.41, 5.74) is 10.8. The molecule has 0 spiro atoms. The predicted molar refractivity (Wildman–Crippen MR) is 94.8 cm³/mol. The van der Waals surface area contributed by atoms with Gasteiger partial charge in [-0.3, -0.25) is 0 Å². The van der Waals surface area contributed by atoms with Crippen LogP contribution in [0.4, 0.5) is 5.69 Å². The van der Waals surface area contributed by atoms with E-state index in [0.29, 0.717) is 12.5 Å². The van der Waals surface area contributed by atoms with Gasteiger partial charge in [-0.1, -0.05) is 54.0 Å². The number of anilines is 1. The molecule has 21 heavy (non-hydrogen) atoms. The van der Waals surface area contributed by atoms with Crippen LogP contribution in [0.25, 0.3) is 0 Å². The highest BCUT2D eigenvalue weighted by Gasteiger charge is 2.10. The lowest BCUT2D eigenvalue weighted by Gasteiger charge is -2.20. The maximum Gasteiger partial charge on any atom is 0.0636 e. The van der Waals surface area contributed by atoms with Gasteiger partial charge in [0.1, 0.15) is 0 Å². The van der Waals surface area contributed by atoms with E-state index in [-0.39, 0.29) is 6.04 Å². The van der Waals surface area contributed by atoms with E-state index in [4.69, 9.17) is 5.73 Å². The summed E-state index contributed by atoms with van der Waals surface area (Å²) in [7, 11) is 0. The van der Waals surface area contributed by atoms with E-state index in [1.165, 1.54) is 16.7 Å². The molecule has 2 nitrogen and oxygen atoms in total. The van der Waals surface area contributed by atoms with E-state index < -0.39 is 0 Å². The van der Waals surface area contributed by atoms with Crippen molar-refractivity contribution in [2.75, 3.05) is 11.9 Å². The van der Waals surface area contributed by atoms with Gasteiger partial charge in [-0.2, -0.15) is 0 Å². The normalized spacial score (nSPS) is 12.5. The number of nitrogens with one attached hydrogen (secondary N) is 1. The maximum atomic E-state index is 5.95. The van der Waals surface area contributed by atoms with Crippen molar-refractivity contribution in [1.82, 2.24) is 0 Å². The van der Waals surface area contributed by atoms with E-state index in [1.54, 1.807) is 0 Å². The molecule has 0 saturated carbocycles. The maximum absolute atomic E-state index is 5.95. The molecule has 0 amide bonds. The van der Waals surface area contributed by atoms with E-state index >= 15 is 0 Å². The van der Waals surface area contributed by atoms with Crippen LogP contribution in [0.2, 0.25) is 0 Å². The lowest BCUT2D eigenvalue weighted by molar-refractivity contribution is 0.786. The molecule has 3 N–H and O–H groups in total. The fraction of sp³-hybridized carbons (Fsp3) is 0.333. The molecule has 1 atom stereocenters. The summed E-state index contributed by atoms with van der Waals surface area (Å²) in [5.74, 6) is 0.552. The molecular formula is C18H23BrN2. The number of hydrogen-bond donors (Lipinski definition) is 2. The lowest BCUT2D eigenvalue weighted by atomic mass is 9.99. The van der Waals surface area contributed by atoms with Gasteiger partial charge >= 0.3 is 0 Å². The Kier molecular flexibility index (Phi) is 5.43. The number of rotatable bonds is 5. The van der Waals surface area contributed by atoms with E-state index in [1.807, 2.05) is 0 Å². The van der Waals surface area contributed by atoms with Crippen molar-refractivity contribution in [3.63, 3.8) is 0 Å². The zero-order valence-electron chi connectivity index (χ0n) is 12.9. The van der Waals surface area contributed by atoms with Gasteiger partial charge in [0.2, 0.25) is 0 Å². The topological polar surface area (TPSA) is 38.0 Å². The summed E-state index contributed by atoms with van der Waals surface area (Å²) in [4.78, 5) is 0. The molecule has 2 aromatic carbocycles. The Morgan fingerprint density at radius 2 is 1.67 bits per heavy atom. The highest BCUT2D eigenvalue weighted by Crippen LogP contribution is 2.24. The molecule has 112 valence electrons. The van der Waals surface area contributed by atoms with Gasteiger partial charge < -0.3 is 11.1 Å². The second-order valence-electron chi connectivity index (χ2n) is 5.77. The summed E-state index contributed by atoms with van der Waals surface area (Å²) in [6.45, 7) is 7.06. The molecule has 0 radical (unpaired) electrons. The van der Waals surface area contributed by atoms with Gasteiger partial charge in [0, 0.05) is 16.7 Å². The van der Waals surface area contributed by atoms with Crippen molar-refractivity contribution in [2.24, 2.45) is 5.73 Å². The number of aryl methyl sites for hydroxylation is 1. The first-order chi connectivity index (χ1) is 9.99. The zero-order valence-corrected chi connectivity index (χ0v) is 14.4. The quantitative estimate of drug-likeness (QED) is 0.799. The molecule has 0 bridgehead atoms. The monoisotopic (exact) mass is 346 g/mol. The van der Waals surface area contributed by atoms with E-state index in [0.717, 1.165) is 10.2 Å². The first kappa shape index (κ1) is 16.1. The molecule has 0 aromatic heterocycles. The van der Waals surface area contributed by atoms with Gasteiger partial charge in [-0.05, 0) is 47.7 Å². The zero-order chi connectivity index (χ0) is 15.4. The van der Waals surface area contributed by atoms with Crippen LogP contribution in [0.5, 0.6) is 0 Å². The average molecular weight is 347 g/mol. The minimum atomic E-state index is 0.125. The molecule has 3 heteroatoms. The Morgan fingerprint density at radius 3 is 2.19 bits per heavy atom. The van der Waals surface area contributed by atoms with Gasteiger partial charge in [0.25, 0.3) is 0 Å². The Bertz CT molecular complexity index is 570. The standard InChI is InChI=1S/C18H23BrN2/c1-12(2)14-4-6-15(7-5-14)18(11-20)21-17-9-13(3)8-16(19)10-17/h4-10,12,18,21H,11,20H2,1-3H3. The molecule has 2 aromatic rings. The molecule has 0 aliphatic rings. The molecule has 0 aliphatic heterocycles. The van der Waals surface area contributed by atoms with Crippen LogP contribution in [0.15, 0.2) is 46.9 Å². The average Bonchev–Trinajstić information content (AvgIpc) is 2.44. The second-order valence-corrected chi connectivity index (χ2v) is 6.69. The molecule has 2 rings (SSSR count). The third kappa shape index (κ3) is 4.32. The summed E-state index contributed by atoms with van der Waals surface area (Å²) < 4.78 is 1.08. The molecule has 0 aliphatic carbocycles. The van der Waals surface area contributed by atoms with Crippen LogP contribution in [-0.2, 0) is 0 Å². The molecule has 0 fully saturated rings. The highest BCUT2D eigenvalue weighted by atomic mass is 79.9. The largest absolute Gasteiger partial charge is 0.377 e. The third-order valence-electron chi connectivity index (χ3n) is 3.62. The fourth-order valence-electron chi connectivity index (χ4n) is 2.41. The van der Waals surface area contributed by atoms with Crippen LogP contribution in [0.1, 0.15) is 42.5 Å². The van der Waals surface area contributed by atoms with Crippen LogP contribution in [0, 0.1) is 6.92 Å². The summed E-state index contributed by atoms with van der Waals surface area (Å²) in [6, 6.07) is 15.2. The van der Waals surface area contributed by atoms with Crippen LogP contribution in [0.3, 0.4) is 0 Å². The minimum Gasteiger partial charge on any atom is -0.377 e. The third-order valence-corrected chi connectivity index (χ3v) is 4.08. The summed E-state index contributed by atoms with van der Waals surface area (Å²) in [5, 5.41) is 3.52. The van der Waals surface area contributed by atoms with Gasteiger partial charge in [-0.15, -0.1) is 0 Å². The van der Waals surface area contributed by atoms with Crippen LogP contribution < -0.4 is 11.1 Å². The van der Waals surface area contributed by atoms with Gasteiger partial charge in [0.05, 0.1) is 6.04 Å². The number of nitrogens with two attached hydrogens (primary N) is 1. The fourth-order valence-corrected chi connectivity index (χ4v) is 3.02. The Labute approximate surface area is 135 Å². The smallest absolute Gasteiger partial charge is 0.0636 e. The van der Waals surface area contributed by atoms with Crippen LogP contribution in [-0.4, -0.2) is 6.54 Å². The van der Waals surface area contributed by atoms with Gasteiger partial charge in [-0.25, -0.2) is 0 Å². The summed E-state index contributed by atoms with van der Waals surface area (Å²) >= 11 is 3.54. The first-order valence-corrected chi connectivity index (χ1v) is 8.12. The van der Waals surface area contributed by atoms with Crippen molar-refractivity contribution in [1.29, 1.82) is 0 Å². The SMILES string of the molecule is Cc1cc(Br)cc(NC(CN)c2ccc(C(C)C)cc2)c1. The van der Waals surface area contributed by atoms with E-state index in [9.17, 15) is 0 Å². The highest BCUT2D eigenvalue weighted by molar-refractivity contribution is 9.10. The number of halogens is 1. The second kappa shape index (κ2) is 7.10. The minimum absolute atomic E-state index is 0.125. The molecular weight excluding hydrogens is 324 g/mol. The Balaban J connectivity index is 2.19. The van der Waals surface area contributed by atoms with Crippen LogP contribution >= 0.6 is 15.9 Å². The van der Waals surface area contributed by atoms with E-state index in [2.05, 4.69) is 84.5 Å².